The summed E-state index contributed by atoms with van der Waals surface area (Å²) in [4.78, 5) is 27.4. The van der Waals surface area contributed by atoms with Crippen molar-refractivity contribution in [2.24, 2.45) is 0 Å². The first-order chi connectivity index (χ1) is 14.5. The summed E-state index contributed by atoms with van der Waals surface area (Å²) in [7, 11) is 1.59. The van der Waals surface area contributed by atoms with Crippen molar-refractivity contribution < 1.29 is 19.1 Å². The molecule has 2 rings (SSSR count). The summed E-state index contributed by atoms with van der Waals surface area (Å²) in [6.45, 7) is 9.33. The van der Waals surface area contributed by atoms with Gasteiger partial charge in [0.2, 0.25) is 5.91 Å². The Hall–Kier alpha value is -2.73. The zero-order chi connectivity index (χ0) is 23.2. The molecule has 0 spiro atoms. The van der Waals surface area contributed by atoms with Crippen LogP contribution in [0.1, 0.15) is 38.8 Å². The first-order valence-corrected chi connectivity index (χ1v) is 10.5. The minimum Gasteiger partial charge on any atom is -0.497 e. The quantitative estimate of drug-likeness (QED) is 0.653. The van der Waals surface area contributed by atoms with E-state index in [1.54, 1.807) is 32.2 Å². The Kier molecular flexibility index (Phi) is 8.34. The van der Waals surface area contributed by atoms with E-state index in [-0.39, 0.29) is 25.0 Å². The molecule has 0 aliphatic carbocycles. The lowest BCUT2D eigenvalue weighted by Gasteiger charge is -2.31. The van der Waals surface area contributed by atoms with Gasteiger partial charge in [0, 0.05) is 17.1 Å². The number of hydrogen-bond acceptors (Lipinski definition) is 4. The van der Waals surface area contributed by atoms with Crippen LogP contribution in [0.3, 0.4) is 0 Å². The molecule has 0 aromatic heterocycles. The van der Waals surface area contributed by atoms with Crippen LogP contribution in [0.5, 0.6) is 11.5 Å². The Balaban J connectivity index is 2.20. The Morgan fingerprint density at radius 3 is 2.45 bits per heavy atom. The third kappa shape index (κ3) is 7.47. The molecule has 168 valence electrons. The number of nitrogens with one attached hydrogen (secondary N) is 1. The standard InChI is InChI=1S/C24H31ClN2O4/c1-16-12-20(10-11-21(16)25)31-15-22(28)27(17(2)23(29)26-24(3,4)5)14-18-8-7-9-19(13-18)30-6/h7-13,17H,14-15H2,1-6H3,(H,26,29). The number of halogens is 1. The molecule has 7 heteroatoms. The van der Waals surface area contributed by atoms with Gasteiger partial charge in [-0.2, -0.15) is 0 Å². The lowest BCUT2D eigenvalue weighted by molar-refractivity contribution is -0.142. The number of amides is 2. The van der Waals surface area contributed by atoms with Crippen molar-refractivity contribution in [3.05, 3.63) is 58.6 Å². The predicted octanol–water partition coefficient (Wildman–Crippen LogP) is 4.37. The number of ether oxygens (including phenoxy) is 2. The average Bonchev–Trinajstić information content (AvgIpc) is 2.71. The van der Waals surface area contributed by atoms with Gasteiger partial charge in [0.25, 0.3) is 5.91 Å². The monoisotopic (exact) mass is 446 g/mol. The summed E-state index contributed by atoms with van der Waals surface area (Å²) >= 11 is 6.05. The van der Waals surface area contributed by atoms with Gasteiger partial charge in [0.1, 0.15) is 17.5 Å². The van der Waals surface area contributed by atoms with Gasteiger partial charge in [-0.15, -0.1) is 0 Å². The molecule has 1 N–H and O–H groups in total. The Morgan fingerprint density at radius 2 is 1.84 bits per heavy atom. The van der Waals surface area contributed by atoms with Crippen molar-refractivity contribution in [2.75, 3.05) is 13.7 Å². The van der Waals surface area contributed by atoms with Crippen molar-refractivity contribution in [1.29, 1.82) is 0 Å². The zero-order valence-corrected chi connectivity index (χ0v) is 19.7. The third-order valence-electron chi connectivity index (χ3n) is 4.64. The van der Waals surface area contributed by atoms with Gasteiger partial charge in [0.15, 0.2) is 6.61 Å². The van der Waals surface area contributed by atoms with Crippen molar-refractivity contribution in [3.63, 3.8) is 0 Å². The van der Waals surface area contributed by atoms with Gasteiger partial charge in [-0.05, 0) is 76.1 Å². The summed E-state index contributed by atoms with van der Waals surface area (Å²) in [5.41, 5.74) is 1.30. The number of methoxy groups -OCH3 is 1. The SMILES string of the molecule is COc1cccc(CN(C(=O)COc2ccc(Cl)c(C)c2)C(C)C(=O)NC(C)(C)C)c1. The lowest BCUT2D eigenvalue weighted by atomic mass is 10.1. The van der Waals surface area contributed by atoms with Gasteiger partial charge >= 0.3 is 0 Å². The minimum atomic E-state index is -0.687. The lowest BCUT2D eigenvalue weighted by Crippen LogP contribution is -2.53. The molecular weight excluding hydrogens is 416 g/mol. The molecule has 0 heterocycles. The van der Waals surface area contributed by atoms with E-state index in [1.165, 1.54) is 4.90 Å². The number of hydrogen-bond donors (Lipinski definition) is 1. The van der Waals surface area contributed by atoms with Crippen LogP contribution in [0.4, 0.5) is 0 Å². The van der Waals surface area contributed by atoms with Crippen LogP contribution in [0.25, 0.3) is 0 Å². The molecule has 1 unspecified atom stereocenters. The van der Waals surface area contributed by atoms with Crippen molar-refractivity contribution >= 4 is 23.4 Å². The van der Waals surface area contributed by atoms with E-state index in [9.17, 15) is 9.59 Å². The van der Waals surface area contributed by atoms with Crippen LogP contribution >= 0.6 is 11.6 Å². The molecule has 1 atom stereocenters. The topological polar surface area (TPSA) is 67.9 Å². The van der Waals surface area contributed by atoms with E-state index >= 15 is 0 Å². The van der Waals surface area contributed by atoms with Crippen molar-refractivity contribution in [1.82, 2.24) is 10.2 Å². The van der Waals surface area contributed by atoms with E-state index in [1.807, 2.05) is 52.0 Å². The first kappa shape index (κ1) is 24.5. The molecule has 0 saturated heterocycles. The highest BCUT2D eigenvalue weighted by atomic mass is 35.5. The second kappa shape index (κ2) is 10.5. The molecule has 2 aromatic carbocycles. The zero-order valence-electron chi connectivity index (χ0n) is 19.0. The maximum Gasteiger partial charge on any atom is 0.261 e. The van der Waals surface area contributed by atoms with Crippen LogP contribution in [0.2, 0.25) is 5.02 Å². The maximum absolute atomic E-state index is 13.1. The largest absolute Gasteiger partial charge is 0.497 e. The fourth-order valence-electron chi connectivity index (χ4n) is 2.96. The van der Waals surface area contributed by atoms with E-state index in [2.05, 4.69) is 5.32 Å². The third-order valence-corrected chi connectivity index (χ3v) is 5.07. The van der Waals surface area contributed by atoms with E-state index in [4.69, 9.17) is 21.1 Å². The minimum absolute atomic E-state index is 0.196. The summed E-state index contributed by atoms with van der Waals surface area (Å²) in [6, 6.07) is 11.9. The number of nitrogens with zero attached hydrogens (tertiary/aromatic N) is 1. The summed E-state index contributed by atoms with van der Waals surface area (Å²) < 4.78 is 11.0. The molecule has 2 aromatic rings. The van der Waals surface area contributed by atoms with Gasteiger partial charge < -0.3 is 19.7 Å². The Bertz CT molecular complexity index is 924. The molecule has 0 radical (unpaired) electrons. The molecule has 0 saturated carbocycles. The van der Waals surface area contributed by atoms with Crippen LogP contribution in [-0.2, 0) is 16.1 Å². The van der Waals surface area contributed by atoms with Crippen molar-refractivity contribution in [2.45, 2.75) is 52.7 Å². The van der Waals surface area contributed by atoms with Crippen LogP contribution in [0, 0.1) is 6.92 Å². The number of aryl methyl sites for hydroxylation is 1. The molecule has 6 nitrogen and oxygen atoms in total. The highest BCUT2D eigenvalue weighted by Gasteiger charge is 2.28. The Labute approximate surface area is 189 Å². The summed E-state index contributed by atoms with van der Waals surface area (Å²) in [6.07, 6.45) is 0. The molecule has 0 fully saturated rings. The number of rotatable bonds is 8. The predicted molar refractivity (Wildman–Crippen MR) is 123 cm³/mol. The van der Waals surface area contributed by atoms with Crippen LogP contribution in [0.15, 0.2) is 42.5 Å². The average molecular weight is 447 g/mol. The first-order valence-electron chi connectivity index (χ1n) is 10.1. The van der Waals surface area contributed by atoms with Gasteiger partial charge in [0.05, 0.1) is 7.11 Å². The molecular formula is C24H31ClN2O4. The van der Waals surface area contributed by atoms with Crippen molar-refractivity contribution in [3.8, 4) is 11.5 Å². The van der Waals surface area contributed by atoms with E-state index in [0.717, 1.165) is 11.1 Å². The fourth-order valence-corrected chi connectivity index (χ4v) is 3.08. The molecule has 31 heavy (non-hydrogen) atoms. The maximum atomic E-state index is 13.1. The van der Waals surface area contributed by atoms with E-state index in [0.29, 0.717) is 16.5 Å². The number of benzene rings is 2. The normalized spacial score (nSPS) is 12.1. The van der Waals surface area contributed by atoms with Gasteiger partial charge in [-0.1, -0.05) is 23.7 Å². The second-order valence-corrected chi connectivity index (χ2v) is 8.90. The van der Waals surface area contributed by atoms with Crippen LogP contribution in [-0.4, -0.2) is 42.0 Å². The Morgan fingerprint density at radius 1 is 1.13 bits per heavy atom. The smallest absolute Gasteiger partial charge is 0.261 e. The summed E-state index contributed by atoms with van der Waals surface area (Å²) in [5.74, 6) is 0.700. The van der Waals surface area contributed by atoms with Crippen LogP contribution < -0.4 is 14.8 Å². The number of carbonyl (C=O) groups excluding carboxylic acids is 2. The summed E-state index contributed by atoms with van der Waals surface area (Å²) in [5, 5.41) is 3.57. The molecule has 0 aliphatic rings. The van der Waals surface area contributed by atoms with Gasteiger partial charge in [-0.3, -0.25) is 9.59 Å². The fraction of sp³-hybridized carbons (Fsp3) is 0.417. The second-order valence-electron chi connectivity index (χ2n) is 8.49. The van der Waals surface area contributed by atoms with E-state index < -0.39 is 11.6 Å². The highest BCUT2D eigenvalue weighted by molar-refractivity contribution is 6.31. The molecule has 0 bridgehead atoms. The molecule has 2 amide bonds. The molecule has 0 aliphatic heterocycles. The van der Waals surface area contributed by atoms with Gasteiger partial charge in [-0.25, -0.2) is 0 Å². The number of carbonyl (C=O) groups is 2. The highest BCUT2D eigenvalue weighted by Crippen LogP contribution is 2.21.